The fraction of sp³-hybridized carbons (Fsp3) is 0.136. The summed E-state index contributed by atoms with van der Waals surface area (Å²) in [6.07, 6.45) is 0. The minimum atomic E-state index is -3.74. The highest BCUT2D eigenvalue weighted by atomic mass is 32.2. The second kappa shape index (κ2) is 9.91. The van der Waals surface area contributed by atoms with E-state index in [-0.39, 0.29) is 24.0 Å². The molecule has 1 amide bonds. The van der Waals surface area contributed by atoms with E-state index < -0.39 is 10.0 Å². The van der Waals surface area contributed by atoms with Gasteiger partial charge in [0.15, 0.2) is 0 Å². The van der Waals surface area contributed by atoms with Gasteiger partial charge >= 0.3 is 0 Å². The van der Waals surface area contributed by atoms with Crippen LogP contribution >= 0.6 is 0 Å². The van der Waals surface area contributed by atoms with E-state index in [1.165, 1.54) is 12.1 Å². The predicted molar refractivity (Wildman–Crippen MR) is 113 cm³/mol. The van der Waals surface area contributed by atoms with Crippen LogP contribution in [0.5, 0.6) is 11.5 Å². The molecular weight excluding hydrogens is 404 g/mol. The Bertz CT molecular complexity index is 1080. The predicted octanol–water partition coefficient (Wildman–Crippen LogP) is 2.72. The molecule has 0 heterocycles. The molecule has 0 spiro atoms. The third-order valence-electron chi connectivity index (χ3n) is 4.19. The number of carbonyl (C=O) groups is 1. The molecule has 0 aliphatic heterocycles. The van der Waals surface area contributed by atoms with Gasteiger partial charge in [0.2, 0.25) is 10.0 Å². The van der Waals surface area contributed by atoms with Gasteiger partial charge in [0.1, 0.15) is 24.7 Å². The number of sulfonamides is 1. The third-order valence-corrected chi connectivity index (χ3v) is 5.12. The number of hydrogen-bond donors (Lipinski definition) is 2. The number of amides is 1. The molecule has 156 valence electrons. The highest BCUT2D eigenvalue weighted by Gasteiger charge is 2.12. The van der Waals surface area contributed by atoms with Gasteiger partial charge in [-0.15, -0.1) is 0 Å². The first kappa shape index (κ1) is 21.4. The maximum absolute atomic E-state index is 12.6. The molecule has 7 nitrogen and oxygen atoms in total. The van der Waals surface area contributed by atoms with Crippen molar-refractivity contribution in [2.75, 3.05) is 13.2 Å². The molecule has 3 rings (SSSR count). The highest BCUT2D eigenvalue weighted by Crippen LogP contribution is 2.18. The number of ether oxygens (including phenoxy) is 2. The summed E-state index contributed by atoms with van der Waals surface area (Å²) in [6, 6.07) is 22.3. The summed E-state index contributed by atoms with van der Waals surface area (Å²) in [7, 11) is -3.74. The second-order valence-corrected chi connectivity index (χ2v) is 7.94. The largest absolute Gasteiger partial charge is 0.490 e. The van der Waals surface area contributed by atoms with Gasteiger partial charge in [-0.2, -0.15) is 0 Å². The average molecular weight is 426 g/mol. The molecule has 3 aromatic carbocycles. The van der Waals surface area contributed by atoms with E-state index >= 15 is 0 Å². The molecule has 3 N–H and O–H groups in total. The first-order chi connectivity index (χ1) is 14.4. The summed E-state index contributed by atoms with van der Waals surface area (Å²) >= 11 is 0. The summed E-state index contributed by atoms with van der Waals surface area (Å²) < 4.78 is 33.9. The van der Waals surface area contributed by atoms with E-state index in [4.69, 9.17) is 14.6 Å². The molecule has 0 aromatic heterocycles. The van der Waals surface area contributed by atoms with Crippen LogP contribution in [0.15, 0.2) is 83.8 Å². The smallest absolute Gasteiger partial charge is 0.255 e. The lowest BCUT2D eigenvalue weighted by Gasteiger charge is -2.12. The molecule has 0 saturated carbocycles. The maximum Gasteiger partial charge on any atom is 0.255 e. The monoisotopic (exact) mass is 426 g/mol. The summed E-state index contributed by atoms with van der Waals surface area (Å²) in [6.45, 7) is 0.861. The number of carbonyl (C=O) groups excluding carboxylic acids is 1. The van der Waals surface area contributed by atoms with Crippen LogP contribution in [-0.2, 0) is 16.6 Å². The van der Waals surface area contributed by atoms with Crippen LogP contribution < -0.4 is 19.9 Å². The summed E-state index contributed by atoms with van der Waals surface area (Å²) in [5.74, 6) is 0.905. The molecule has 0 aliphatic rings. The van der Waals surface area contributed by atoms with E-state index in [0.717, 1.165) is 11.3 Å². The van der Waals surface area contributed by atoms with Crippen molar-refractivity contribution in [3.05, 3.63) is 90.0 Å². The number of rotatable bonds is 9. The fourth-order valence-electron chi connectivity index (χ4n) is 2.68. The zero-order chi connectivity index (χ0) is 21.4. The molecular formula is C22H22N2O5S. The summed E-state index contributed by atoms with van der Waals surface area (Å²) in [4.78, 5) is 12.6. The van der Waals surface area contributed by atoms with Gasteiger partial charge in [-0.25, -0.2) is 13.6 Å². The normalized spacial score (nSPS) is 11.0. The van der Waals surface area contributed by atoms with Crippen molar-refractivity contribution in [3.8, 4) is 11.5 Å². The number of para-hydroxylation sites is 2. The lowest BCUT2D eigenvalue weighted by Crippen LogP contribution is -2.24. The van der Waals surface area contributed by atoms with E-state index in [0.29, 0.717) is 17.9 Å². The van der Waals surface area contributed by atoms with Crippen molar-refractivity contribution >= 4 is 15.9 Å². The summed E-state index contributed by atoms with van der Waals surface area (Å²) in [5.41, 5.74) is 1.14. The van der Waals surface area contributed by atoms with Gasteiger partial charge in [0.05, 0.1) is 10.5 Å². The lowest BCUT2D eigenvalue weighted by molar-refractivity contribution is 0.0945. The number of hydrogen-bond acceptors (Lipinski definition) is 5. The van der Waals surface area contributed by atoms with Crippen LogP contribution in [0.25, 0.3) is 0 Å². The minimum Gasteiger partial charge on any atom is -0.490 e. The molecule has 0 fully saturated rings. The Hall–Kier alpha value is -3.36. The van der Waals surface area contributed by atoms with Gasteiger partial charge < -0.3 is 14.8 Å². The van der Waals surface area contributed by atoms with E-state index in [9.17, 15) is 13.2 Å². The van der Waals surface area contributed by atoms with Gasteiger partial charge in [-0.05, 0) is 42.0 Å². The molecule has 0 bridgehead atoms. The highest BCUT2D eigenvalue weighted by molar-refractivity contribution is 7.89. The zero-order valence-electron chi connectivity index (χ0n) is 16.2. The Labute approximate surface area is 175 Å². The van der Waals surface area contributed by atoms with Crippen molar-refractivity contribution in [2.24, 2.45) is 5.14 Å². The van der Waals surface area contributed by atoms with E-state index in [1.807, 2.05) is 30.3 Å². The number of primary sulfonamides is 1. The average Bonchev–Trinajstić information content (AvgIpc) is 2.76. The van der Waals surface area contributed by atoms with Crippen molar-refractivity contribution in [1.82, 2.24) is 5.32 Å². The fourth-order valence-corrected chi connectivity index (χ4v) is 3.20. The lowest BCUT2D eigenvalue weighted by atomic mass is 10.1. The van der Waals surface area contributed by atoms with Crippen LogP contribution in [-0.4, -0.2) is 27.5 Å². The van der Waals surface area contributed by atoms with Gasteiger partial charge in [0.25, 0.3) is 5.91 Å². The molecule has 30 heavy (non-hydrogen) atoms. The SMILES string of the molecule is NS(=O)(=O)c1ccc(CNC(=O)c2ccccc2OCCOc2ccccc2)cc1. The molecule has 0 radical (unpaired) electrons. The Morgan fingerprint density at radius 2 is 1.47 bits per heavy atom. The topological polar surface area (TPSA) is 108 Å². The van der Waals surface area contributed by atoms with Crippen LogP contribution in [0.2, 0.25) is 0 Å². The molecule has 0 unspecified atom stereocenters. The van der Waals surface area contributed by atoms with Crippen LogP contribution in [0, 0.1) is 0 Å². The molecule has 0 saturated heterocycles. The molecule has 8 heteroatoms. The number of nitrogens with two attached hydrogens (primary N) is 1. The number of nitrogens with one attached hydrogen (secondary N) is 1. The number of benzene rings is 3. The van der Waals surface area contributed by atoms with Crippen molar-refractivity contribution < 1.29 is 22.7 Å². The maximum atomic E-state index is 12.6. The first-order valence-electron chi connectivity index (χ1n) is 9.23. The van der Waals surface area contributed by atoms with E-state index in [2.05, 4.69) is 5.32 Å². The van der Waals surface area contributed by atoms with Crippen LogP contribution in [0.1, 0.15) is 15.9 Å². The quantitative estimate of drug-likeness (QED) is 0.512. The Balaban J connectivity index is 1.54. The van der Waals surface area contributed by atoms with Crippen LogP contribution in [0.3, 0.4) is 0 Å². The zero-order valence-corrected chi connectivity index (χ0v) is 17.0. The van der Waals surface area contributed by atoms with Crippen molar-refractivity contribution in [3.63, 3.8) is 0 Å². The molecule has 0 aliphatic carbocycles. The molecule has 0 atom stereocenters. The third kappa shape index (κ3) is 6.07. The van der Waals surface area contributed by atoms with Crippen molar-refractivity contribution in [2.45, 2.75) is 11.4 Å². The molecule has 3 aromatic rings. The Kier molecular flexibility index (Phi) is 7.05. The van der Waals surface area contributed by atoms with Crippen molar-refractivity contribution in [1.29, 1.82) is 0 Å². The first-order valence-corrected chi connectivity index (χ1v) is 10.8. The Morgan fingerprint density at radius 1 is 0.833 bits per heavy atom. The second-order valence-electron chi connectivity index (χ2n) is 6.38. The summed E-state index contributed by atoms with van der Waals surface area (Å²) in [5, 5.41) is 7.88. The Morgan fingerprint density at radius 3 is 2.17 bits per heavy atom. The van der Waals surface area contributed by atoms with Gasteiger partial charge in [-0.3, -0.25) is 4.79 Å². The standard InChI is InChI=1S/C22H22N2O5S/c23-30(26,27)19-12-10-17(11-13-19)16-24-22(25)20-8-4-5-9-21(20)29-15-14-28-18-6-2-1-3-7-18/h1-13H,14-16H2,(H,24,25)(H2,23,26,27). The minimum absolute atomic E-state index is 0.0223. The van der Waals surface area contributed by atoms with Gasteiger partial charge in [-0.1, -0.05) is 42.5 Å². The van der Waals surface area contributed by atoms with E-state index in [1.54, 1.807) is 36.4 Å². The van der Waals surface area contributed by atoms with Crippen LogP contribution in [0.4, 0.5) is 0 Å². The van der Waals surface area contributed by atoms with Gasteiger partial charge in [0, 0.05) is 6.54 Å².